The Labute approximate surface area is 242 Å². The molecule has 2 atom stereocenters. The van der Waals surface area contributed by atoms with E-state index in [0.29, 0.717) is 61.1 Å². The van der Waals surface area contributed by atoms with E-state index in [1.165, 1.54) is 12.3 Å². The Morgan fingerprint density at radius 3 is 2.50 bits per heavy atom. The smallest absolute Gasteiger partial charge is 0.339 e. The Bertz CT molecular complexity index is 1600. The Kier molecular flexibility index (Phi) is 7.36. The highest BCUT2D eigenvalue weighted by Gasteiger charge is 2.40. The summed E-state index contributed by atoms with van der Waals surface area (Å²) >= 11 is 0. The number of aliphatic imine (C=N–C) groups is 1. The van der Waals surface area contributed by atoms with Crippen molar-refractivity contribution in [3.05, 3.63) is 70.9 Å². The molecular formula is C31H33F3N6O2. The van der Waals surface area contributed by atoms with Crippen LogP contribution in [0.5, 0.6) is 0 Å². The Balaban J connectivity index is 1.13. The van der Waals surface area contributed by atoms with E-state index >= 15 is 0 Å². The van der Waals surface area contributed by atoms with E-state index in [4.69, 9.17) is 0 Å². The predicted octanol–water partition coefficient (Wildman–Crippen LogP) is 4.75. The number of amides is 2. The van der Waals surface area contributed by atoms with E-state index in [2.05, 4.69) is 21.9 Å². The minimum atomic E-state index is -4.54. The summed E-state index contributed by atoms with van der Waals surface area (Å²) in [5, 5.41) is 0. The highest BCUT2D eigenvalue weighted by molar-refractivity contribution is 6.27. The number of piperazine rings is 1. The fourth-order valence-electron chi connectivity index (χ4n) is 6.43. The molecule has 4 heterocycles. The molecule has 2 amide bonds. The SMILES string of the molecule is Cc1cc(Cc2nccn3c(C4=CCN=C4C(F)(F)F)cnc23)ccc1C(=O)N1CCN(C(=O)[C@H]2CC[C@H](C)C2)CC1. The van der Waals surface area contributed by atoms with Gasteiger partial charge in [-0.05, 0) is 49.3 Å². The quantitative estimate of drug-likeness (QED) is 0.438. The van der Waals surface area contributed by atoms with Crippen LogP contribution in [0.2, 0.25) is 0 Å². The van der Waals surface area contributed by atoms with Crippen molar-refractivity contribution in [2.45, 2.75) is 45.7 Å². The third kappa shape index (κ3) is 5.32. The van der Waals surface area contributed by atoms with Crippen LogP contribution in [0, 0.1) is 18.8 Å². The van der Waals surface area contributed by atoms with Crippen LogP contribution < -0.4 is 0 Å². The van der Waals surface area contributed by atoms with Crippen molar-refractivity contribution >= 4 is 28.7 Å². The molecular weight excluding hydrogens is 545 g/mol. The average molecular weight is 579 g/mol. The highest BCUT2D eigenvalue weighted by Crippen LogP contribution is 2.33. The molecule has 220 valence electrons. The third-order valence-electron chi connectivity index (χ3n) is 8.66. The van der Waals surface area contributed by atoms with Gasteiger partial charge in [-0.2, -0.15) is 13.2 Å². The fourth-order valence-corrected chi connectivity index (χ4v) is 6.43. The second-order valence-electron chi connectivity index (χ2n) is 11.6. The zero-order valence-corrected chi connectivity index (χ0v) is 23.7. The number of hydrogen-bond acceptors (Lipinski definition) is 5. The van der Waals surface area contributed by atoms with Gasteiger partial charge in [0.15, 0.2) is 5.65 Å². The normalized spacial score (nSPS) is 21.2. The molecule has 1 saturated carbocycles. The van der Waals surface area contributed by atoms with E-state index in [1.807, 2.05) is 34.9 Å². The number of halogens is 3. The van der Waals surface area contributed by atoms with Gasteiger partial charge in [-0.25, -0.2) is 4.98 Å². The summed E-state index contributed by atoms with van der Waals surface area (Å²) in [5.41, 5.74) is 2.88. The molecule has 0 bridgehead atoms. The number of hydrogen-bond donors (Lipinski definition) is 0. The topological polar surface area (TPSA) is 83.2 Å². The average Bonchev–Trinajstić information content (AvgIpc) is 3.72. The summed E-state index contributed by atoms with van der Waals surface area (Å²) in [5.74, 6) is 0.904. The first-order valence-electron chi connectivity index (χ1n) is 14.4. The van der Waals surface area contributed by atoms with E-state index in [9.17, 15) is 22.8 Å². The number of aryl methyl sites for hydroxylation is 1. The number of benzene rings is 1. The second-order valence-corrected chi connectivity index (χ2v) is 11.6. The van der Waals surface area contributed by atoms with Crippen LogP contribution in [0.3, 0.4) is 0 Å². The van der Waals surface area contributed by atoms with Gasteiger partial charge in [-0.1, -0.05) is 25.1 Å². The molecule has 0 unspecified atom stereocenters. The number of carbonyl (C=O) groups is 2. The van der Waals surface area contributed by atoms with Crippen LogP contribution in [-0.4, -0.2) is 80.6 Å². The van der Waals surface area contributed by atoms with Crippen LogP contribution in [0.25, 0.3) is 11.2 Å². The van der Waals surface area contributed by atoms with Crippen LogP contribution in [-0.2, 0) is 11.2 Å². The van der Waals surface area contributed by atoms with Crippen molar-refractivity contribution in [3.63, 3.8) is 0 Å². The summed E-state index contributed by atoms with van der Waals surface area (Å²) in [6.45, 7) is 6.21. The first kappa shape index (κ1) is 28.1. The summed E-state index contributed by atoms with van der Waals surface area (Å²) in [6.07, 6.45) is 4.91. The first-order chi connectivity index (χ1) is 20.1. The zero-order chi connectivity index (χ0) is 29.6. The van der Waals surface area contributed by atoms with Gasteiger partial charge in [-0.15, -0.1) is 0 Å². The van der Waals surface area contributed by atoms with Crippen LogP contribution in [0.4, 0.5) is 13.2 Å². The number of nitrogens with zero attached hydrogens (tertiary/aromatic N) is 6. The molecule has 0 radical (unpaired) electrons. The van der Waals surface area contributed by atoms with E-state index in [0.717, 1.165) is 30.4 Å². The summed E-state index contributed by atoms with van der Waals surface area (Å²) in [4.78, 5) is 42.5. The maximum Gasteiger partial charge on any atom is 0.433 e. The molecule has 1 aliphatic carbocycles. The summed E-state index contributed by atoms with van der Waals surface area (Å²) < 4.78 is 42.0. The molecule has 0 spiro atoms. The Hall–Kier alpha value is -4.02. The predicted molar refractivity (Wildman–Crippen MR) is 152 cm³/mol. The largest absolute Gasteiger partial charge is 0.433 e. The molecule has 8 nitrogen and oxygen atoms in total. The Morgan fingerprint density at radius 1 is 1.05 bits per heavy atom. The first-order valence-corrected chi connectivity index (χ1v) is 14.4. The van der Waals surface area contributed by atoms with E-state index in [1.54, 1.807) is 16.8 Å². The van der Waals surface area contributed by atoms with Gasteiger partial charge in [0.25, 0.3) is 5.91 Å². The van der Waals surface area contributed by atoms with Crippen molar-refractivity contribution in [2.24, 2.45) is 16.8 Å². The fraction of sp³-hybridized carbons (Fsp3) is 0.452. The number of aromatic nitrogens is 3. The third-order valence-corrected chi connectivity index (χ3v) is 8.66. The standard InChI is InChI=1S/C31H33F3N6O2/c1-19-3-5-22(15-19)29(41)38-11-13-39(14-12-38)30(42)23-6-4-21(16-20(23)2)17-25-28-37-18-26(40(28)10-9-35-25)24-7-8-36-27(24)31(32,33)34/h4,6-7,9-10,16,18-19,22H,3,5,8,11-15,17H2,1-2H3/t19-,22-/m0/s1. The van der Waals surface area contributed by atoms with Crippen molar-refractivity contribution in [1.82, 2.24) is 24.2 Å². The van der Waals surface area contributed by atoms with Gasteiger partial charge in [0.1, 0.15) is 5.71 Å². The molecule has 2 aliphatic heterocycles. The number of allylic oxidation sites excluding steroid dienone is 1. The maximum absolute atomic E-state index is 13.5. The lowest BCUT2D eigenvalue weighted by molar-refractivity contribution is -0.136. The number of imidazole rings is 1. The lowest BCUT2D eigenvalue weighted by Gasteiger charge is -2.36. The van der Waals surface area contributed by atoms with Gasteiger partial charge in [0, 0.05) is 62.0 Å². The monoisotopic (exact) mass is 578 g/mol. The molecule has 1 aromatic carbocycles. The van der Waals surface area contributed by atoms with Gasteiger partial charge in [-0.3, -0.25) is 24.0 Å². The molecule has 6 rings (SSSR count). The van der Waals surface area contributed by atoms with E-state index < -0.39 is 11.9 Å². The van der Waals surface area contributed by atoms with Gasteiger partial charge >= 0.3 is 6.18 Å². The highest BCUT2D eigenvalue weighted by atomic mass is 19.4. The number of carbonyl (C=O) groups excluding carboxylic acids is 2. The van der Waals surface area contributed by atoms with Gasteiger partial charge in [0.2, 0.25) is 5.91 Å². The number of fused-ring (bicyclic) bond motifs is 1. The molecule has 0 N–H and O–H groups in total. The van der Waals surface area contributed by atoms with E-state index in [-0.39, 0.29) is 29.9 Å². The second kappa shape index (κ2) is 11.0. The molecule has 3 aliphatic rings. The van der Waals surface area contributed by atoms with Crippen molar-refractivity contribution in [1.29, 1.82) is 0 Å². The summed E-state index contributed by atoms with van der Waals surface area (Å²) in [6, 6.07) is 5.64. The van der Waals surface area contributed by atoms with Gasteiger partial charge < -0.3 is 9.80 Å². The molecule has 42 heavy (non-hydrogen) atoms. The van der Waals surface area contributed by atoms with Gasteiger partial charge in [0.05, 0.1) is 24.1 Å². The van der Waals surface area contributed by atoms with Crippen LogP contribution in [0.1, 0.15) is 59.1 Å². The maximum atomic E-state index is 13.5. The Morgan fingerprint density at radius 2 is 1.81 bits per heavy atom. The minimum absolute atomic E-state index is 0.0178. The van der Waals surface area contributed by atoms with Crippen LogP contribution >= 0.6 is 0 Å². The lowest BCUT2D eigenvalue weighted by atomic mass is 10.0. The molecule has 2 aromatic heterocycles. The van der Waals surface area contributed by atoms with Crippen molar-refractivity contribution in [2.75, 3.05) is 32.7 Å². The van der Waals surface area contributed by atoms with Crippen LogP contribution in [0.15, 0.2) is 47.9 Å². The van der Waals surface area contributed by atoms with Crippen molar-refractivity contribution < 1.29 is 22.8 Å². The minimum Gasteiger partial charge on any atom is -0.339 e. The number of alkyl halides is 3. The zero-order valence-electron chi connectivity index (χ0n) is 23.7. The molecule has 2 fully saturated rings. The summed E-state index contributed by atoms with van der Waals surface area (Å²) in [7, 11) is 0. The van der Waals surface area contributed by atoms with Crippen molar-refractivity contribution in [3.8, 4) is 0 Å². The lowest BCUT2D eigenvalue weighted by Crippen LogP contribution is -2.51. The molecule has 1 saturated heterocycles. The molecule has 11 heteroatoms. The number of rotatable bonds is 5. The molecule has 3 aromatic rings.